The Kier molecular flexibility index (Phi) is 5.11. The van der Waals surface area contributed by atoms with Gasteiger partial charge in [-0.05, 0) is 49.9 Å². The highest BCUT2D eigenvalue weighted by Crippen LogP contribution is 2.28. The lowest BCUT2D eigenvalue weighted by Gasteiger charge is -2.32. The van der Waals surface area contributed by atoms with Gasteiger partial charge < -0.3 is 19.5 Å². The van der Waals surface area contributed by atoms with Gasteiger partial charge in [-0.1, -0.05) is 6.07 Å². The van der Waals surface area contributed by atoms with Crippen LogP contribution in [-0.4, -0.2) is 51.8 Å². The highest BCUT2D eigenvalue weighted by Gasteiger charge is 2.28. The molecule has 0 spiro atoms. The van der Waals surface area contributed by atoms with Crippen LogP contribution in [0.1, 0.15) is 41.5 Å². The molecule has 2 aromatic rings. The molecule has 7 heteroatoms. The minimum absolute atomic E-state index is 0.0548. The van der Waals surface area contributed by atoms with Crippen molar-refractivity contribution in [1.82, 2.24) is 25.0 Å². The molecule has 2 aliphatic heterocycles. The molecule has 0 saturated carbocycles. The van der Waals surface area contributed by atoms with Gasteiger partial charge in [0.1, 0.15) is 17.4 Å². The fourth-order valence-electron chi connectivity index (χ4n) is 3.84. The second-order valence-corrected chi connectivity index (χ2v) is 7.49. The number of carbonyl (C=O) groups is 1. The van der Waals surface area contributed by atoms with Gasteiger partial charge in [0, 0.05) is 32.1 Å². The molecule has 4 rings (SSSR count). The Morgan fingerprint density at radius 3 is 2.78 bits per heavy atom. The molecule has 27 heavy (non-hydrogen) atoms. The summed E-state index contributed by atoms with van der Waals surface area (Å²) in [6.07, 6.45) is 1.86. The van der Waals surface area contributed by atoms with E-state index in [-0.39, 0.29) is 12.5 Å². The summed E-state index contributed by atoms with van der Waals surface area (Å²) in [5.41, 5.74) is 2.40. The molecule has 0 bridgehead atoms. The van der Waals surface area contributed by atoms with Crippen molar-refractivity contribution >= 4 is 5.91 Å². The van der Waals surface area contributed by atoms with E-state index in [0.29, 0.717) is 5.92 Å². The zero-order chi connectivity index (χ0) is 18.8. The van der Waals surface area contributed by atoms with Gasteiger partial charge in [-0.25, -0.2) is 0 Å². The third-order valence-corrected chi connectivity index (χ3v) is 5.70. The fraction of sp³-hybridized carbons (Fsp3) is 0.550. The van der Waals surface area contributed by atoms with Crippen LogP contribution in [0.5, 0.6) is 5.75 Å². The highest BCUT2D eigenvalue weighted by atomic mass is 16.5. The number of piperidine rings is 1. The van der Waals surface area contributed by atoms with Crippen LogP contribution < -0.4 is 10.1 Å². The van der Waals surface area contributed by atoms with Crippen molar-refractivity contribution in [3.63, 3.8) is 0 Å². The number of fused-ring (bicyclic) bond motifs is 1. The lowest BCUT2D eigenvalue weighted by molar-refractivity contribution is -0.134. The lowest BCUT2D eigenvalue weighted by Crippen LogP contribution is -2.41. The first-order chi connectivity index (χ1) is 13.1. The number of ether oxygens (including phenoxy) is 1. The molecule has 3 heterocycles. The summed E-state index contributed by atoms with van der Waals surface area (Å²) >= 11 is 0. The van der Waals surface area contributed by atoms with Crippen LogP contribution in [0.15, 0.2) is 18.2 Å². The molecule has 1 aromatic heterocycles. The number of hydrogen-bond acceptors (Lipinski definition) is 5. The number of amides is 1. The molecule has 0 aliphatic carbocycles. The van der Waals surface area contributed by atoms with Crippen LogP contribution >= 0.6 is 0 Å². The molecule has 1 N–H and O–H groups in total. The minimum Gasteiger partial charge on any atom is -0.484 e. The molecule has 0 unspecified atom stereocenters. The number of carbonyl (C=O) groups excluding carboxylic acids is 1. The standard InChI is InChI=1S/C20H27N5O2/c1-14-3-4-17(11-15(14)2)27-13-19(26)24-8-5-16(6-9-24)20-23-22-18-12-21-7-10-25(18)20/h3-4,11,16,21H,5-10,12-13H2,1-2H3. The molecule has 0 atom stereocenters. The summed E-state index contributed by atoms with van der Waals surface area (Å²) < 4.78 is 7.96. The Morgan fingerprint density at radius 2 is 2.00 bits per heavy atom. The van der Waals surface area contributed by atoms with E-state index in [1.807, 2.05) is 30.0 Å². The van der Waals surface area contributed by atoms with Crippen LogP contribution in [-0.2, 0) is 17.9 Å². The van der Waals surface area contributed by atoms with Crippen molar-refractivity contribution in [1.29, 1.82) is 0 Å². The molecule has 0 radical (unpaired) electrons. The average molecular weight is 369 g/mol. The third kappa shape index (κ3) is 3.83. The first-order valence-corrected chi connectivity index (χ1v) is 9.72. The maximum Gasteiger partial charge on any atom is 0.260 e. The van der Waals surface area contributed by atoms with Crippen molar-refractivity contribution < 1.29 is 9.53 Å². The van der Waals surface area contributed by atoms with Crippen LogP contribution in [0.25, 0.3) is 0 Å². The Morgan fingerprint density at radius 1 is 1.19 bits per heavy atom. The Labute approximate surface area is 159 Å². The van der Waals surface area contributed by atoms with E-state index in [0.717, 1.165) is 63.0 Å². The van der Waals surface area contributed by atoms with Gasteiger partial charge in [-0.2, -0.15) is 0 Å². The first-order valence-electron chi connectivity index (χ1n) is 9.72. The molecule has 1 aromatic carbocycles. The van der Waals surface area contributed by atoms with Crippen molar-refractivity contribution in [2.45, 2.75) is 45.7 Å². The van der Waals surface area contributed by atoms with Crippen molar-refractivity contribution in [2.75, 3.05) is 26.2 Å². The number of benzene rings is 1. The van der Waals surface area contributed by atoms with Crippen molar-refractivity contribution in [3.8, 4) is 5.75 Å². The van der Waals surface area contributed by atoms with Crippen molar-refractivity contribution in [3.05, 3.63) is 41.0 Å². The lowest BCUT2D eigenvalue weighted by atomic mass is 9.95. The first kappa shape index (κ1) is 18.0. The number of hydrogen-bond donors (Lipinski definition) is 1. The smallest absolute Gasteiger partial charge is 0.260 e. The molecular weight excluding hydrogens is 342 g/mol. The Hall–Kier alpha value is -2.41. The van der Waals surface area contributed by atoms with Gasteiger partial charge in [-0.3, -0.25) is 4.79 Å². The molecule has 7 nitrogen and oxygen atoms in total. The van der Waals surface area contributed by atoms with Gasteiger partial charge in [0.15, 0.2) is 6.61 Å². The summed E-state index contributed by atoms with van der Waals surface area (Å²) in [5, 5.41) is 12.1. The number of aryl methyl sites for hydroxylation is 2. The number of likely N-dealkylation sites (tertiary alicyclic amines) is 1. The quantitative estimate of drug-likeness (QED) is 0.889. The topological polar surface area (TPSA) is 72.3 Å². The zero-order valence-corrected chi connectivity index (χ0v) is 16.1. The minimum atomic E-state index is 0.0548. The SMILES string of the molecule is Cc1ccc(OCC(=O)N2CCC(c3nnc4n3CCNC4)CC2)cc1C. The molecule has 1 amide bonds. The predicted octanol–water partition coefficient (Wildman–Crippen LogP) is 1.78. The summed E-state index contributed by atoms with van der Waals surface area (Å²) in [5.74, 6) is 3.31. The van der Waals surface area contributed by atoms with Gasteiger partial charge >= 0.3 is 0 Å². The second kappa shape index (κ2) is 7.68. The molecule has 1 saturated heterocycles. The summed E-state index contributed by atoms with van der Waals surface area (Å²) in [6, 6.07) is 5.93. The molecule has 2 aliphatic rings. The van der Waals surface area contributed by atoms with Crippen LogP contribution in [0.2, 0.25) is 0 Å². The Bertz CT molecular complexity index is 824. The predicted molar refractivity (Wildman–Crippen MR) is 102 cm³/mol. The van der Waals surface area contributed by atoms with Crippen LogP contribution in [0.3, 0.4) is 0 Å². The van der Waals surface area contributed by atoms with E-state index in [9.17, 15) is 4.79 Å². The number of nitrogens with zero attached hydrogens (tertiary/aromatic N) is 4. The molecule has 1 fully saturated rings. The van der Waals surface area contributed by atoms with Crippen LogP contribution in [0, 0.1) is 13.8 Å². The number of rotatable bonds is 4. The van der Waals surface area contributed by atoms with E-state index in [1.54, 1.807) is 0 Å². The van der Waals surface area contributed by atoms with E-state index in [2.05, 4.69) is 27.0 Å². The maximum atomic E-state index is 12.5. The van der Waals surface area contributed by atoms with Gasteiger partial charge in [0.2, 0.25) is 0 Å². The summed E-state index contributed by atoms with van der Waals surface area (Å²) in [7, 11) is 0. The van der Waals surface area contributed by atoms with Gasteiger partial charge in [0.05, 0.1) is 6.54 Å². The highest BCUT2D eigenvalue weighted by molar-refractivity contribution is 5.77. The maximum absolute atomic E-state index is 12.5. The van der Waals surface area contributed by atoms with E-state index < -0.39 is 0 Å². The van der Waals surface area contributed by atoms with E-state index in [4.69, 9.17) is 4.74 Å². The third-order valence-electron chi connectivity index (χ3n) is 5.70. The van der Waals surface area contributed by atoms with E-state index in [1.165, 1.54) is 11.1 Å². The zero-order valence-electron chi connectivity index (χ0n) is 16.1. The van der Waals surface area contributed by atoms with Gasteiger partial charge in [0.25, 0.3) is 5.91 Å². The second-order valence-electron chi connectivity index (χ2n) is 7.49. The van der Waals surface area contributed by atoms with Crippen molar-refractivity contribution in [2.24, 2.45) is 0 Å². The molecule has 144 valence electrons. The van der Waals surface area contributed by atoms with Gasteiger partial charge in [-0.15, -0.1) is 10.2 Å². The van der Waals surface area contributed by atoms with E-state index >= 15 is 0 Å². The summed E-state index contributed by atoms with van der Waals surface area (Å²) in [4.78, 5) is 14.4. The molecular formula is C20H27N5O2. The normalized spacial score (nSPS) is 17.6. The monoisotopic (exact) mass is 369 g/mol. The fourth-order valence-corrected chi connectivity index (χ4v) is 3.84. The number of aromatic nitrogens is 3. The summed E-state index contributed by atoms with van der Waals surface area (Å²) in [6.45, 7) is 8.40. The number of nitrogens with one attached hydrogen (secondary N) is 1. The Balaban J connectivity index is 1.30. The average Bonchev–Trinajstić information content (AvgIpc) is 3.13. The largest absolute Gasteiger partial charge is 0.484 e. The van der Waals surface area contributed by atoms with Crippen LogP contribution in [0.4, 0.5) is 0 Å².